The van der Waals surface area contributed by atoms with Gasteiger partial charge >= 0.3 is 0 Å². The maximum Gasteiger partial charge on any atom is 0.277 e. The van der Waals surface area contributed by atoms with Gasteiger partial charge in [0.15, 0.2) is 0 Å². The summed E-state index contributed by atoms with van der Waals surface area (Å²) in [4.78, 5) is 11.9. The van der Waals surface area contributed by atoms with Crippen LogP contribution in [0.3, 0.4) is 0 Å². The van der Waals surface area contributed by atoms with E-state index in [1.807, 2.05) is 0 Å². The van der Waals surface area contributed by atoms with E-state index in [2.05, 4.69) is 20.6 Å². The number of nitrogens with zero attached hydrogens (tertiary/aromatic N) is 3. The van der Waals surface area contributed by atoms with Crippen molar-refractivity contribution >= 4 is 17.4 Å². The molecule has 0 aliphatic heterocycles. The van der Waals surface area contributed by atoms with Gasteiger partial charge in [-0.2, -0.15) is 10.2 Å². The molecule has 2 aromatic rings. The van der Waals surface area contributed by atoms with Crippen LogP contribution < -0.4 is 11.1 Å². The van der Waals surface area contributed by atoms with Crippen molar-refractivity contribution < 1.29 is 4.79 Å². The first-order chi connectivity index (χ1) is 7.59. The van der Waals surface area contributed by atoms with Crippen LogP contribution in [0, 0.1) is 6.92 Å². The number of H-pyrrole nitrogens is 1. The molecule has 0 radical (unpaired) electrons. The summed E-state index contributed by atoms with van der Waals surface area (Å²) in [6.07, 6.45) is 1.55. The van der Waals surface area contributed by atoms with Crippen LogP contribution in [0.25, 0.3) is 0 Å². The Morgan fingerprint density at radius 1 is 1.62 bits per heavy atom. The number of aromatic nitrogens is 4. The van der Waals surface area contributed by atoms with Crippen LogP contribution in [0.5, 0.6) is 0 Å². The lowest BCUT2D eigenvalue weighted by atomic mass is 10.3. The van der Waals surface area contributed by atoms with Gasteiger partial charge in [0.1, 0.15) is 11.5 Å². The zero-order valence-electron chi connectivity index (χ0n) is 8.98. The Labute approximate surface area is 91.6 Å². The molecule has 2 aromatic heterocycles. The number of nitrogens with one attached hydrogen (secondary N) is 2. The Kier molecular flexibility index (Phi) is 2.35. The molecule has 0 saturated heterocycles. The molecule has 0 aliphatic carbocycles. The van der Waals surface area contributed by atoms with Gasteiger partial charge in [0, 0.05) is 13.1 Å². The van der Waals surface area contributed by atoms with E-state index in [0.29, 0.717) is 22.9 Å². The number of nitrogen functional groups attached to an aromatic ring is 1. The molecule has 0 saturated carbocycles. The summed E-state index contributed by atoms with van der Waals surface area (Å²) < 4.78 is 1.45. The van der Waals surface area contributed by atoms with Crippen molar-refractivity contribution in [2.24, 2.45) is 7.05 Å². The SMILES string of the molecule is Cc1nn(C)c(C(=O)Nc2ccn[nH]2)c1N. The number of amides is 1. The van der Waals surface area contributed by atoms with Gasteiger partial charge in [-0.1, -0.05) is 0 Å². The van der Waals surface area contributed by atoms with Crippen LogP contribution in [-0.4, -0.2) is 25.9 Å². The molecule has 2 heterocycles. The lowest BCUT2D eigenvalue weighted by molar-refractivity contribution is 0.101. The summed E-state index contributed by atoms with van der Waals surface area (Å²) >= 11 is 0. The van der Waals surface area contributed by atoms with Crippen molar-refractivity contribution in [3.05, 3.63) is 23.7 Å². The molecule has 0 aliphatic rings. The molecule has 7 nitrogen and oxygen atoms in total. The highest BCUT2D eigenvalue weighted by atomic mass is 16.2. The second-order valence-electron chi connectivity index (χ2n) is 3.40. The normalized spacial score (nSPS) is 10.4. The molecule has 0 aromatic carbocycles. The number of rotatable bonds is 2. The Hall–Kier alpha value is -2.31. The number of hydrogen-bond donors (Lipinski definition) is 3. The first-order valence-electron chi connectivity index (χ1n) is 4.69. The highest BCUT2D eigenvalue weighted by Crippen LogP contribution is 2.16. The van der Waals surface area contributed by atoms with E-state index in [1.54, 1.807) is 26.2 Å². The maximum absolute atomic E-state index is 11.9. The third kappa shape index (κ3) is 1.62. The minimum Gasteiger partial charge on any atom is -0.395 e. The molecule has 84 valence electrons. The zero-order valence-corrected chi connectivity index (χ0v) is 8.98. The van der Waals surface area contributed by atoms with Gasteiger partial charge in [0.05, 0.1) is 17.6 Å². The molecule has 1 amide bonds. The van der Waals surface area contributed by atoms with Crippen molar-refractivity contribution in [2.45, 2.75) is 6.92 Å². The smallest absolute Gasteiger partial charge is 0.277 e. The Balaban J connectivity index is 2.27. The van der Waals surface area contributed by atoms with Gasteiger partial charge in [-0.15, -0.1) is 0 Å². The summed E-state index contributed by atoms with van der Waals surface area (Å²) in [5.41, 5.74) is 7.13. The molecule has 16 heavy (non-hydrogen) atoms. The van der Waals surface area contributed by atoms with Crippen LogP contribution in [-0.2, 0) is 7.05 Å². The standard InChI is InChI=1S/C9H12N6O/c1-5-7(10)8(15(2)14-5)9(16)12-6-3-4-11-13-6/h3-4H,10H2,1-2H3,(H2,11,12,13,16). The zero-order chi connectivity index (χ0) is 11.7. The fourth-order valence-electron chi connectivity index (χ4n) is 1.45. The lowest BCUT2D eigenvalue weighted by Gasteiger charge is -2.03. The van der Waals surface area contributed by atoms with Crippen LogP contribution in [0.2, 0.25) is 0 Å². The van der Waals surface area contributed by atoms with Gasteiger partial charge in [-0.05, 0) is 6.92 Å². The molecule has 2 rings (SSSR count). The summed E-state index contributed by atoms with van der Waals surface area (Å²) in [7, 11) is 1.67. The second-order valence-corrected chi connectivity index (χ2v) is 3.40. The van der Waals surface area contributed by atoms with E-state index < -0.39 is 0 Å². The van der Waals surface area contributed by atoms with E-state index in [1.165, 1.54) is 4.68 Å². The number of aryl methyl sites for hydroxylation is 2. The molecule has 0 spiro atoms. The Bertz CT molecular complexity index is 512. The van der Waals surface area contributed by atoms with Crippen molar-refractivity contribution in [3.63, 3.8) is 0 Å². The maximum atomic E-state index is 11.9. The third-order valence-corrected chi connectivity index (χ3v) is 2.23. The summed E-state index contributed by atoms with van der Waals surface area (Å²) in [6.45, 7) is 1.75. The minimum absolute atomic E-state index is 0.315. The predicted molar refractivity (Wildman–Crippen MR) is 58.9 cm³/mol. The van der Waals surface area contributed by atoms with Gasteiger partial charge < -0.3 is 11.1 Å². The predicted octanol–water partition coefficient (Wildman–Crippen LogP) is 0.286. The number of anilines is 2. The van der Waals surface area contributed by atoms with Crippen molar-refractivity contribution in [1.82, 2.24) is 20.0 Å². The van der Waals surface area contributed by atoms with E-state index in [-0.39, 0.29) is 5.91 Å². The van der Waals surface area contributed by atoms with E-state index in [4.69, 9.17) is 5.73 Å². The van der Waals surface area contributed by atoms with Crippen LogP contribution in [0.1, 0.15) is 16.2 Å². The van der Waals surface area contributed by atoms with Gasteiger partial charge in [-0.25, -0.2) is 0 Å². The fraction of sp³-hybridized carbons (Fsp3) is 0.222. The average molecular weight is 220 g/mol. The molecular weight excluding hydrogens is 208 g/mol. The topological polar surface area (TPSA) is 102 Å². The second kappa shape index (κ2) is 3.69. The molecule has 4 N–H and O–H groups in total. The molecule has 0 unspecified atom stereocenters. The molecule has 0 fully saturated rings. The van der Waals surface area contributed by atoms with Crippen LogP contribution in [0.15, 0.2) is 12.3 Å². The number of aromatic amines is 1. The summed E-state index contributed by atoms with van der Waals surface area (Å²) in [5.74, 6) is 0.202. The Morgan fingerprint density at radius 2 is 2.38 bits per heavy atom. The van der Waals surface area contributed by atoms with Crippen molar-refractivity contribution in [2.75, 3.05) is 11.1 Å². The molecule has 0 bridgehead atoms. The van der Waals surface area contributed by atoms with E-state index >= 15 is 0 Å². The highest BCUT2D eigenvalue weighted by molar-refractivity contribution is 6.06. The van der Waals surface area contributed by atoms with Crippen LogP contribution >= 0.6 is 0 Å². The lowest BCUT2D eigenvalue weighted by Crippen LogP contribution is -2.17. The highest BCUT2D eigenvalue weighted by Gasteiger charge is 2.18. The molecular formula is C9H12N6O. The monoisotopic (exact) mass is 220 g/mol. The van der Waals surface area contributed by atoms with Crippen molar-refractivity contribution in [1.29, 1.82) is 0 Å². The van der Waals surface area contributed by atoms with E-state index in [9.17, 15) is 4.79 Å². The van der Waals surface area contributed by atoms with Crippen LogP contribution in [0.4, 0.5) is 11.5 Å². The molecule has 0 atom stereocenters. The summed E-state index contributed by atoms with van der Waals surface area (Å²) in [5, 5.41) is 13.1. The first kappa shape index (κ1) is 10.2. The van der Waals surface area contributed by atoms with Gasteiger partial charge in [-0.3, -0.25) is 14.6 Å². The van der Waals surface area contributed by atoms with Gasteiger partial charge in [0.25, 0.3) is 5.91 Å². The number of nitrogens with two attached hydrogens (primary N) is 1. The minimum atomic E-state index is -0.315. The number of carbonyl (C=O) groups is 1. The van der Waals surface area contributed by atoms with Gasteiger partial charge in [0.2, 0.25) is 0 Å². The van der Waals surface area contributed by atoms with E-state index in [0.717, 1.165) is 0 Å². The third-order valence-electron chi connectivity index (χ3n) is 2.23. The van der Waals surface area contributed by atoms with Crippen molar-refractivity contribution in [3.8, 4) is 0 Å². The fourth-order valence-corrected chi connectivity index (χ4v) is 1.45. The number of carbonyl (C=O) groups excluding carboxylic acids is 1. The quantitative estimate of drug-likeness (QED) is 0.676. The largest absolute Gasteiger partial charge is 0.395 e. The number of hydrogen-bond acceptors (Lipinski definition) is 4. The average Bonchev–Trinajstić information content (AvgIpc) is 2.77. The first-order valence-corrected chi connectivity index (χ1v) is 4.69. The molecule has 7 heteroatoms. The summed E-state index contributed by atoms with van der Waals surface area (Å²) in [6, 6.07) is 1.65. The Morgan fingerprint density at radius 3 is 2.88 bits per heavy atom.